The summed E-state index contributed by atoms with van der Waals surface area (Å²) in [5.41, 5.74) is -1.38. The molecule has 0 saturated carbocycles. The van der Waals surface area contributed by atoms with Crippen LogP contribution in [0.5, 0.6) is 69.0 Å². The molecule has 4 amide bonds. The van der Waals surface area contributed by atoms with Crippen LogP contribution >= 0.6 is 0 Å². The van der Waals surface area contributed by atoms with Gasteiger partial charge >= 0.3 is 0 Å². The van der Waals surface area contributed by atoms with Crippen molar-refractivity contribution in [3.8, 4) is 69.0 Å². The van der Waals surface area contributed by atoms with Crippen LogP contribution in [0.3, 0.4) is 0 Å². The Morgan fingerprint density at radius 2 is 0.621 bits per heavy atom. The molecule has 58 heavy (non-hydrogen) atoms. The Kier molecular flexibility index (Phi) is 14.0. The molecule has 4 aromatic carbocycles. The number of rotatable bonds is 17. The zero-order valence-corrected chi connectivity index (χ0v) is 30.6. The number of nitrogens with one attached hydrogen (secondary N) is 2. The van der Waals surface area contributed by atoms with Crippen molar-refractivity contribution in [2.24, 2.45) is 0 Å². The van der Waals surface area contributed by atoms with E-state index in [4.69, 9.17) is 0 Å². The minimum atomic E-state index is -0.929. The largest absolute Gasteiger partial charge is 0.504 e. The van der Waals surface area contributed by atoms with E-state index in [-0.39, 0.29) is 87.2 Å². The van der Waals surface area contributed by atoms with Crippen LogP contribution in [-0.2, 0) is 0 Å². The van der Waals surface area contributed by atoms with Crippen molar-refractivity contribution in [1.82, 2.24) is 20.4 Å². The van der Waals surface area contributed by atoms with E-state index >= 15 is 0 Å². The summed E-state index contributed by atoms with van der Waals surface area (Å²) >= 11 is 0. The number of hydrogen-bond donors (Lipinski definition) is 14. The zero-order chi connectivity index (χ0) is 42.8. The van der Waals surface area contributed by atoms with Crippen molar-refractivity contribution in [3.05, 3.63) is 70.8 Å². The lowest BCUT2D eigenvalue weighted by atomic mass is 10.1. The number of amides is 4. The van der Waals surface area contributed by atoms with Gasteiger partial charge in [0, 0.05) is 39.3 Å². The molecule has 0 fully saturated rings. The molecular formula is C38H42N4O16. The number of phenolic OH excluding ortho intramolecular Hbond substituents is 12. The molecule has 0 aliphatic rings. The second-order valence-electron chi connectivity index (χ2n) is 12.8. The number of aromatic hydroxyl groups is 12. The summed E-state index contributed by atoms with van der Waals surface area (Å²) in [5.74, 6) is -12.9. The number of carbonyl (C=O) groups is 4. The number of nitrogens with zero attached hydrogens (tertiary/aromatic N) is 2. The number of benzene rings is 4. The molecular weight excluding hydrogens is 768 g/mol. The zero-order valence-electron chi connectivity index (χ0n) is 30.6. The number of phenols is 12. The van der Waals surface area contributed by atoms with Crippen molar-refractivity contribution in [2.45, 2.75) is 25.7 Å². The maximum atomic E-state index is 13.6. The molecule has 0 radical (unpaired) electrons. The lowest BCUT2D eigenvalue weighted by Crippen LogP contribution is -2.37. The molecule has 0 saturated heterocycles. The number of carbonyl (C=O) groups excluding carboxylic acids is 4. The third kappa shape index (κ3) is 9.77. The highest BCUT2D eigenvalue weighted by Gasteiger charge is 2.25. The topological polar surface area (TPSA) is 342 Å². The van der Waals surface area contributed by atoms with Crippen LogP contribution in [0.25, 0.3) is 0 Å². The van der Waals surface area contributed by atoms with Crippen LogP contribution in [0.15, 0.2) is 48.5 Å². The second-order valence-corrected chi connectivity index (χ2v) is 12.8. The Bertz CT molecular complexity index is 2040. The van der Waals surface area contributed by atoms with Crippen molar-refractivity contribution in [3.63, 3.8) is 0 Å². The standard InChI is InChI=1S/C38H42N4O16/c43-23-9-5-19(27(47)31(23)51)35(55)39-13-3-17-41(37(57)21-7-11-25(45)33(53)29(21)49)15-1-2-16-42(38(58)22-8-12-26(46)34(54)30(22)50)18-4-14-40-36(56)20-6-10-24(44)32(52)28(20)48/h5-12,43-54H,1-4,13-18H2,(H,39,55)(H,40,56). The van der Waals surface area contributed by atoms with E-state index in [1.807, 2.05) is 0 Å². The first-order chi connectivity index (χ1) is 27.5. The summed E-state index contributed by atoms with van der Waals surface area (Å²) in [6.07, 6.45) is 0.602. The molecule has 0 aromatic heterocycles. The van der Waals surface area contributed by atoms with Gasteiger partial charge in [-0.3, -0.25) is 19.2 Å². The minimum Gasteiger partial charge on any atom is -0.504 e. The van der Waals surface area contributed by atoms with Crippen molar-refractivity contribution < 1.29 is 80.5 Å². The van der Waals surface area contributed by atoms with Gasteiger partial charge in [0.05, 0.1) is 22.3 Å². The Hall–Kier alpha value is -7.64. The van der Waals surface area contributed by atoms with Gasteiger partial charge in [-0.25, -0.2) is 0 Å². The molecule has 0 aliphatic carbocycles. The average Bonchev–Trinajstić information content (AvgIpc) is 3.19. The minimum absolute atomic E-state index is 0.0210. The first kappa shape index (κ1) is 43.1. The molecule has 14 N–H and O–H groups in total. The van der Waals surface area contributed by atoms with Gasteiger partial charge in [-0.05, 0) is 74.2 Å². The van der Waals surface area contributed by atoms with E-state index in [1.165, 1.54) is 9.80 Å². The van der Waals surface area contributed by atoms with Crippen molar-refractivity contribution in [1.29, 1.82) is 0 Å². The normalized spacial score (nSPS) is 10.8. The third-order valence-corrected chi connectivity index (χ3v) is 8.93. The van der Waals surface area contributed by atoms with E-state index in [0.717, 1.165) is 48.5 Å². The van der Waals surface area contributed by atoms with Gasteiger partial charge in [-0.15, -0.1) is 0 Å². The first-order valence-electron chi connectivity index (χ1n) is 17.6. The maximum Gasteiger partial charge on any atom is 0.257 e. The van der Waals surface area contributed by atoms with Gasteiger partial charge in [0.25, 0.3) is 23.6 Å². The van der Waals surface area contributed by atoms with Crippen LogP contribution < -0.4 is 10.6 Å². The molecule has 20 heteroatoms. The molecule has 0 aliphatic heterocycles. The van der Waals surface area contributed by atoms with E-state index in [2.05, 4.69) is 10.6 Å². The maximum absolute atomic E-state index is 13.6. The summed E-state index contributed by atoms with van der Waals surface area (Å²) < 4.78 is 0. The van der Waals surface area contributed by atoms with E-state index in [0.29, 0.717) is 0 Å². The van der Waals surface area contributed by atoms with Crippen LogP contribution in [0.1, 0.15) is 67.1 Å². The van der Waals surface area contributed by atoms with Gasteiger partial charge in [0.1, 0.15) is 0 Å². The van der Waals surface area contributed by atoms with E-state index in [9.17, 15) is 80.5 Å². The smallest absolute Gasteiger partial charge is 0.257 e. The van der Waals surface area contributed by atoms with Crippen molar-refractivity contribution in [2.75, 3.05) is 39.3 Å². The first-order valence-corrected chi connectivity index (χ1v) is 17.6. The number of hydrogen-bond acceptors (Lipinski definition) is 16. The van der Waals surface area contributed by atoms with E-state index in [1.54, 1.807) is 0 Å². The Labute approximate surface area is 329 Å². The average molecular weight is 811 g/mol. The Balaban J connectivity index is 1.44. The fourth-order valence-corrected chi connectivity index (χ4v) is 5.70. The summed E-state index contributed by atoms with van der Waals surface area (Å²) in [7, 11) is 0. The van der Waals surface area contributed by atoms with Gasteiger partial charge in [-0.1, -0.05) is 0 Å². The lowest BCUT2D eigenvalue weighted by molar-refractivity contribution is 0.0714. The third-order valence-electron chi connectivity index (χ3n) is 8.93. The molecule has 0 atom stereocenters. The summed E-state index contributed by atoms with van der Waals surface area (Å²) in [6.45, 7) is -0.272. The van der Waals surface area contributed by atoms with Crippen LogP contribution in [0.4, 0.5) is 0 Å². The molecule has 0 unspecified atom stereocenters. The van der Waals surface area contributed by atoms with Crippen LogP contribution in [0.2, 0.25) is 0 Å². The fraction of sp³-hybridized carbons (Fsp3) is 0.263. The van der Waals surface area contributed by atoms with Crippen LogP contribution in [0, 0.1) is 0 Å². The molecule has 20 nitrogen and oxygen atoms in total. The summed E-state index contributed by atoms with van der Waals surface area (Å²) in [6, 6.07) is 8.36. The molecule has 310 valence electrons. The summed E-state index contributed by atoms with van der Waals surface area (Å²) in [5, 5.41) is 124. The second kappa shape index (κ2) is 18.8. The molecule has 4 rings (SSSR count). The van der Waals surface area contributed by atoms with Crippen molar-refractivity contribution >= 4 is 23.6 Å². The molecule has 0 heterocycles. The van der Waals surface area contributed by atoms with Gasteiger partial charge in [-0.2, -0.15) is 0 Å². The highest BCUT2D eigenvalue weighted by molar-refractivity contribution is 6.00. The summed E-state index contributed by atoms with van der Waals surface area (Å²) in [4.78, 5) is 54.9. The highest BCUT2D eigenvalue weighted by atomic mass is 16.3. The fourth-order valence-electron chi connectivity index (χ4n) is 5.70. The SMILES string of the molecule is O=C(NCCCN(CCCCN(CCCNC(=O)c1ccc(O)c(O)c1O)C(=O)c1ccc(O)c(O)c1O)C(=O)c1ccc(O)c(O)c1O)c1ccc(O)c(O)c1O. The highest BCUT2D eigenvalue weighted by Crippen LogP contribution is 2.40. The molecule has 0 spiro atoms. The Morgan fingerprint density at radius 3 is 0.931 bits per heavy atom. The van der Waals surface area contributed by atoms with Gasteiger partial charge in [0.2, 0.25) is 23.0 Å². The Morgan fingerprint density at radius 1 is 0.362 bits per heavy atom. The van der Waals surface area contributed by atoms with E-state index < -0.39 is 92.6 Å². The van der Waals surface area contributed by atoms with Gasteiger partial charge in [0.15, 0.2) is 46.0 Å². The van der Waals surface area contributed by atoms with Crippen LogP contribution in [-0.4, -0.2) is 134 Å². The predicted octanol–water partition coefficient (Wildman–Crippen LogP) is 2.16. The quantitative estimate of drug-likeness (QED) is 0.0536. The van der Waals surface area contributed by atoms with Gasteiger partial charge < -0.3 is 81.7 Å². The molecule has 4 aromatic rings. The number of unbranched alkanes of at least 4 members (excludes halogenated alkanes) is 1. The lowest BCUT2D eigenvalue weighted by Gasteiger charge is -2.26. The monoisotopic (exact) mass is 810 g/mol. The molecule has 0 bridgehead atoms. The predicted molar refractivity (Wildman–Crippen MR) is 201 cm³/mol.